The highest BCUT2D eigenvalue weighted by atomic mass is 35.5. The maximum Gasteiger partial charge on any atom is 0.271 e. The molecule has 4 nitrogen and oxygen atoms in total. The van der Waals surface area contributed by atoms with Crippen LogP contribution in [0.2, 0.25) is 10.0 Å². The molecule has 0 radical (unpaired) electrons. The van der Waals surface area contributed by atoms with Gasteiger partial charge in [-0.15, -0.1) is 0 Å². The summed E-state index contributed by atoms with van der Waals surface area (Å²) < 4.78 is 12.7. The second-order valence-corrected chi connectivity index (χ2v) is 4.88. The number of aromatic hydroxyl groups is 1. The lowest BCUT2D eigenvalue weighted by atomic mass is 10.2. The number of nitrogens with zero attached hydrogens (tertiary/aromatic N) is 1. The first kappa shape index (κ1) is 15.3. The van der Waals surface area contributed by atoms with Crippen LogP contribution in [-0.2, 0) is 0 Å². The summed E-state index contributed by atoms with van der Waals surface area (Å²) in [5, 5.41) is 13.8. The van der Waals surface area contributed by atoms with Gasteiger partial charge in [0, 0.05) is 16.1 Å². The van der Waals surface area contributed by atoms with Crippen molar-refractivity contribution in [3.05, 3.63) is 63.4 Å². The number of hydrogen-bond acceptors (Lipinski definition) is 3. The number of hydrazone groups is 1. The maximum absolute atomic E-state index is 12.7. The molecule has 2 aromatic carbocycles. The Morgan fingerprint density at radius 1 is 1.24 bits per heavy atom. The smallest absolute Gasteiger partial charge is 0.271 e. The molecule has 0 saturated heterocycles. The number of carbonyl (C=O) groups excluding carboxylic acids is 1. The lowest BCUT2D eigenvalue weighted by molar-refractivity contribution is 0.0955. The van der Waals surface area contributed by atoms with Crippen molar-refractivity contribution >= 4 is 35.3 Å². The van der Waals surface area contributed by atoms with E-state index in [1.807, 2.05) is 0 Å². The molecule has 0 bridgehead atoms. The number of phenols is 1. The zero-order chi connectivity index (χ0) is 15.4. The number of phenolic OH excluding ortho intramolecular Hbond substituents is 1. The Morgan fingerprint density at radius 2 is 1.90 bits per heavy atom. The van der Waals surface area contributed by atoms with Crippen LogP contribution >= 0.6 is 23.2 Å². The molecule has 0 unspecified atom stereocenters. The van der Waals surface area contributed by atoms with Crippen LogP contribution in [0, 0.1) is 5.82 Å². The van der Waals surface area contributed by atoms with Crippen molar-refractivity contribution < 1.29 is 14.3 Å². The number of halogens is 3. The summed E-state index contributed by atoms with van der Waals surface area (Å²) in [6.07, 6.45) is 1.20. The predicted molar refractivity (Wildman–Crippen MR) is 79.6 cm³/mol. The van der Waals surface area contributed by atoms with E-state index in [1.54, 1.807) is 0 Å². The average Bonchev–Trinajstić information content (AvgIpc) is 2.44. The lowest BCUT2D eigenvalue weighted by Gasteiger charge is -2.03. The molecule has 0 saturated carbocycles. The van der Waals surface area contributed by atoms with E-state index >= 15 is 0 Å². The van der Waals surface area contributed by atoms with Crippen molar-refractivity contribution in [1.82, 2.24) is 5.43 Å². The van der Waals surface area contributed by atoms with Crippen LogP contribution in [0.1, 0.15) is 15.9 Å². The van der Waals surface area contributed by atoms with E-state index < -0.39 is 11.7 Å². The second-order valence-electron chi connectivity index (χ2n) is 4.03. The molecule has 0 aromatic heterocycles. The van der Waals surface area contributed by atoms with E-state index in [9.17, 15) is 14.3 Å². The van der Waals surface area contributed by atoms with E-state index in [1.165, 1.54) is 42.6 Å². The van der Waals surface area contributed by atoms with Crippen LogP contribution in [0.15, 0.2) is 41.5 Å². The van der Waals surface area contributed by atoms with Gasteiger partial charge in [0.25, 0.3) is 5.91 Å². The molecule has 0 spiro atoms. The van der Waals surface area contributed by atoms with Crippen molar-refractivity contribution in [3.63, 3.8) is 0 Å². The van der Waals surface area contributed by atoms with Gasteiger partial charge in [0.15, 0.2) is 0 Å². The van der Waals surface area contributed by atoms with Gasteiger partial charge in [-0.25, -0.2) is 9.82 Å². The summed E-state index contributed by atoms with van der Waals surface area (Å²) in [6.45, 7) is 0. The van der Waals surface area contributed by atoms with Gasteiger partial charge in [0.1, 0.15) is 11.6 Å². The van der Waals surface area contributed by atoms with Crippen LogP contribution in [0.5, 0.6) is 5.75 Å². The maximum atomic E-state index is 12.7. The summed E-state index contributed by atoms with van der Waals surface area (Å²) in [7, 11) is 0. The van der Waals surface area contributed by atoms with Crippen LogP contribution in [-0.4, -0.2) is 17.2 Å². The van der Waals surface area contributed by atoms with Crippen molar-refractivity contribution in [2.45, 2.75) is 0 Å². The number of amides is 1. The summed E-state index contributed by atoms with van der Waals surface area (Å²) in [5.74, 6) is -1.15. The Balaban J connectivity index is 2.09. The van der Waals surface area contributed by atoms with Gasteiger partial charge in [-0.3, -0.25) is 4.79 Å². The largest absolute Gasteiger partial charge is 0.506 e. The first-order chi connectivity index (χ1) is 9.97. The Labute approximate surface area is 129 Å². The topological polar surface area (TPSA) is 61.7 Å². The molecular weight excluding hydrogens is 318 g/mol. The van der Waals surface area contributed by atoms with Crippen molar-refractivity contribution in [2.75, 3.05) is 0 Å². The Kier molecular flexibility index (Phi) is 4.77. The molecule has 7 heteroatoms. The predicted octanol–water partition coefficient (Wildman–Crippen LogP) is 3.60. The van der Waals surface area contributed by atoms with Gasteiger partial charge >= 0.3 is 0 Å². The molecule has 2 rings (SSSR count). The van der Waals surface area contributed by atoms with E-state index in [0.717, 1.165) is 0 Å². The number of nitrogens with one attached hydrogen (secondary N) is 1. The minimum atomic E-state index is -0.515. The molecule has 2 aromatic rings. The van der Waals surface area contributed by atoms with Crippen LogP contribution in [0.25, 0.3) is 0 Å². The van der Waals surface area contributed by atoms with E-state index in [2.05, 4.69) is 10.5 Å². The Morgan fingerprint density at radius 3 is 2.57 bits per heavy atom. The van der Waals surface area contributed by atoms with Gasteiger partial charge in [-0.2, -0.15) is 5.10 Å². The molecule has 0 fully saturated rings. The monoisotopic (exact) mass is 326 g/mol. The van der Waals surface area contributed by atoms with Gasteiger partial charge in [-0.05, 0) is 36.4 Å². The SMILES string of the molecule is O=C(N/N=C\c1cc(Cl)cc(Cl)c1O)c1ccc(F)cc1. The summed E-state index contributed by atoms with van der Waals surface area (Å²) in [4.78, 5) is 11.7. The summed E-state index contributed by atoms with van der Waals surface area (Å²) >= 11 is 11.5. The van der Waals surface area contributed by atoms with Gasteiger partial charge in [-0.1, -0.05) is 23.2 Å². The zero-order valence-electron chi connectivity index (χ0n) is 10.5. The third-order valence-electron chi connectivity index (χ3n) is 2.53. The highest BCUT2D eigenvalue weighted by Crippen LogP contribution is 2.29. The van der Waals surface area contributed by atoms with Crippen molar-refractivity contribution in [2.24, 2.45) is 5.10 Å². The number of rotatable bonds is 3. The Hall–Kier alpha value is -2.11. The van der Waals surface area contributed by atoms with Crippen LogP contribution < -0.4 is 5.43 Å². The molecule has 1 amide bonds. The van der Waals surface area contributed by atoms with E-state index in [-0.39, 0.29) is 21.9 Å². The van der Waals surface area contributed by atoms with Gasteiger partial charge in [0.05, 0.1) is 11.2 Å². The lowest BCUT2D eigenvalue weighted by Crippen LogP contribution is -2.17. The second kappa shape index (κ2) is 6.56. The third kappa shape index (κ3) is 3.93. The zero-order valence-corrected chi connectivity index (χ0v) is 12.0. The average molecular weight is 327 g/mol. The highest BCUT2D eigenvalue weighted by molar-refractivity contribution is 6.36. The molecular formula is C14H9Cl2FN2O2. The van der Waals surface area contributed by atoms with Crippen LogP contribution in [0.3, 0.4) is 0 Å². The van der Waals surface area contributed by atoms with E-state index in [0.29, 0.717) is 5.02 Å². The minimum Gasteiger partial charge on any atom is -0.506 e. The normalized spacial score (nSPS) is 10.8. The van der Waals surface area contributed by atoms with Crippen molar-refractivity contribution in [3.8, 4) is 5.75 Å². The quantitative estimate of drug-likeness (QED) is 0.668. The minimum absolute atomic E-state index is 0.0776. The summed E-state index contributed by atoms with van der Waals surface area (Å²) in [6, 6.07) is 7.81. The molecule has 108 valence electrons. The van der Waals surface area contributed by atoms with E-state index in [4.69, 9.17) is 23.2 Å². The number of benzene rings is 2. The fraction of sp³-hybridized carbons (Fsp3) is 0. The highest BCUT2D eigenvalue weighted by Gasteiger charge is 2.07. The first-order valence-corrected chi connectivity index (χ1v) is 6.50. The van der Waals surface area contributed by atoms with Crippen LogP contribution in [0.4, 0.5) is 4.39 Å². The molecule has 2 N–H and O–H groups in total. The Bertz CT molecular complexity index is 703. The van der Waals surface area contributed by atoms with Gasteiger partial charge < -0.3 is 5.11 Å². The molecule has 21 heavy (non-hydrogen) atoms. The molecule has 0 heterocycles. The number of carbonyl (C=O) groups is 1. The molecule has 0 aliphatic carbocycles. The standard InChI is InChI=1S/C14H9Cl2FN2O2/c15-10-5-9(13(20)12(16)6-10)7-18-19-14(21)8-1-3-11(17)4-2-8/h1-7,20H,(H,19,21)/b18-7-. The summed E-state index contributed by atoms with van der Waals surface area (Å²) in [5.41, 5.74) is 2.75. The third-order valence-corrected chi connectivity index (χ3v) is 3.04. The first-order valence-electron chi connectivity index (χ1n) is 5.74. The molecule has 0 aliphatic heterocycles. The fourth-order valence-electron chi connectivity index (χ4n) is 1.51. The van der Waals surface area contributed by atoms with Crippen molar-refractivity contribution in [1.29, 1.82) is 0 Å². The van der Waals surface area contributed by atoms with Gasteiger partial charge in [0.2, 0.25) is 0 Å². The fourth-order valence-corrected chi connectivity index (χ4v) is 2.02. The number of hydrogen-bond donors (Lipinski definition) is 2. The molecule has 0 aliphatic rings. The molecule has 0 atom stereocenters.